The minimum atomic E-state index is -0.172. The summed E-state index contributed by atoms with van der Waals surface area (Å²) in [5.74, 6) is 2.95. The molecule has 4 saturated carbocycles. The Balaban J connectivity index is 1.28. The van der Waals surface area contributed by atoms with Crippen LogP contribution in [0, 0.1) is 23.2 Å². The van der Waals surface area contributed by atoms with E-state index >= 15 is 0 Å². The SMILES string of the molecule is O=C(OCCNc1ccc(Cl)nn1)C12CC3CC(CC(C3)C1)C2. The van der Waals surface area contributed by atoms with Crippen molar-refractivity contribution in [3.05, 3.63) is 17.3 Å². The maximum atomic E-state index is 12.7. The lowest BCUT2D eigenvalue weighted by molar-refractivity contribution is -0.171. The Labute approximate surface area is 141 Å². The largest absolute Gasteiger partial charge is 0.463 e. The smallest absolute Gasteiger partial charge is 0.312 e. The maximum Gasteiger partial charge on any atom is 0.312 e. The van der Waals surface area contributed by atoms with Crippen LogP contribution in [0.25, 0.3) is 0 Å². The predicted octanol–water partition coefficient (Wildman–Crippen LogP) is 3.30. The highest BCUT2D eigenvalue weighted by molar-refractivity contribution is 6.29. The average Bonchev–Trinajstić information content (AvgIpc) is 2.52. The number of carbonyl (C=O) groups excluding carboxylic acids is 1. The third-order valence-corrected chi connectivity index (χ3v) is 5.95. The molecular weight excluding hydrogens is 314 g/mol. The Bertz CT molecular complexity index is 555. The zero-order valence-corrected chi connectivity index (χ0v) is 13.9. The van der Waals surface area contributed by atoms with Crippen molar-refractivity contribution in [2.24, 2.45) is 23.2 Å². The molecule has 1 N–H and O–H groups in total. The molecule has 0 unspecified atom stereocenters. The van der Waals surface area contributed by atoms with Crippen LogP contribution in [0.4, 0.5) is 5.82 Å². The van der Waals surface area contributed by atoms with E-state index in [0.717, 1.165) is 37.0 Å². The number of nitrogens with one attached hydrogen (secondary N) is 1. The maximum absolute atomic E-state index is 12.7. The van der Waals surface area contributed by atoms with Gasteiger partial charge >= 0.3 is 5.97 Å². The van der Waals surface area contributed by atoms with Gasteiger partial charge in [0.2, 0.25) is 0 Å². The molecule has 5 rings (SSSR count). The van der Waals surface area contributed by atoms with Crippen molar-refractivity contribution in [3.63, 3.8) is 0 Å². The van der Waals surface area contributed by atoms with Gasteiger partial charge < -0.3 is 10.1 Å². The van der Waals surface area contributed by atoms with Crippen LogP contribution in [-0.4, -0.2) is 29.3 Å². The van der Waals surface area contributed by atoms with Crippen LogP contribution in [0.2, 0.25) is 5.15 Å². The molecule has 4 bridgehead atoms. The summed E-state index contributed by atoms with van der Waals surface area (Å²) >= 11 is 5.69. The summed E-state index contributed by atoms with van der Waals surface area (Å²) in [4.78, 5) is 12.7. The lowest BCUT2D eigenvalue weighted by Gasteiger charge is -2.55. The van der Waals surface area contributed by atoms with E-state index in [1.54, 1.807) is 12.1 Å². The molecule has 4 aliphatic rings. The Morgan fingerprint density at radius 3 is 2.39 bits per heavy atom. The Morgan fingerprint density at radius 2 is 1.83 bits per heavy atom. The summed E-state index contributed by atoms with van der Waals surface area (Å²) in [5.41, 5.74) is -0.172. The fraction of sp³-hybridized carbons (Fsp3) is 0.706. The number of rotatable bonds is 5. The fourth-order valence-electron chi connectivity index (χ4n) is 5.25. The fourth-order valence-corrected chi connectivity index (χ4v) is 5.35. The minimum Gasteiger partial charge on any atom is -0.463 e. The Kier molecular flexibility index (Phi) is 3.92. The number of anilines is 1. The molecule has 0 aromatic carbocycles. The molecule has 1 heterocycles. The van der Waals surface area contributed by atoms with E-state index in [4.69, 9.17) is 16.3 Å². The van der Waals surface area contributed by atoms with Crippen molar-refractivity contribution in [1.82, 2.24) is 10.2 Å². The van der Waals surface area contributed by atoms with Gasteiger partial charge in [-0.2, -0.15) is 0 Å². The molecule has 4 aliphatic carbocycles. The quantitative estimate of drug-likeness (QED) is 0.660. The van der Waals surface area contributed by atoms with Gasteiger partial charge in [-0.25, -0.2) is 0 Å². The minimum absolute atomic E-state index is 0.0283. The van der Waals surface area contributed by atoms with Gasteiger partial charge in [-0.05, 0) is 68.4 Å². The van der Waals surface area contributed by atoms with Crippen LogP contribution in [0.3, 0.4) is 0 Å². The molecule has 0 atom stereocenters. The van der Waals surface area contributed by atoms with Crippen LogP contribution in [-0.2, 0) is 9.53 Å². The molecule has 0 aliphatic heterocycles. The predicted molar refractivity (Wildman–Crippen MR) is 87.1 cm³/mol. The van der Waals surface area contributed by atoms with Gasteiger partial charge in [-0.1, -0.05) is 11.6 Å². The third-order valence-electron chi connectivity index (χ3n) is 5.74. The average molecular weight is 336 g/mol. The summed E-state index contributed by atoms with van der Waals surface area (Å²) in [7, 11) is 0. The van der Waals surface area contributed by atoms with E-state index in [1.807, 2.05) is 0 Å². The number of carbonyl (C=O) groups is 1. The van der Waals surface area contributed by atoms with E-state index in [2.05, 4.69) is 15.5 Å². The van der Waals surface area contributed by atoms with Crippen molar-refractivity contribution in [1.29, 1.82) is 0 Å². The topological polar surface area (TPSA) is 64.1 Å². The second-order valence-electron chi connectivity index (χ2n) is 7.50. The lowest BCUT2D eigenvalue weighted by Crippen LogP contribution is -2.50. The van der Waals surface area contributed by atoms with Crippen molar-refractivity contribution in [3.8, 4) is 0 Å². The standard InChI is InChI=1S/C17H22ClN3O2/c18-14-1-2-15(21-20-14)19-3-4-23-16(22)17-8-11-5-12(9-17)7-13(6-11)10-17/h1-2,11-13H,3-10H2,(H,19,21). The van der Waals surface area contributed by atoms with Crippen LogP contribution < -0.4 is 5.32 Å². The molecular formula is C17H22ClN3O2. The third kappa shape index (κ3) is 3.03. The van der Waals surface area contributed by atoms with E-state index in [9.17, 15) is 4.79 Å². The molecule has 6 heteroatoms. The molecule has 23 heavy (non-hydrogen) atoms. The zero-order valence-electron chi connectivity index (χ0n) is 13.1. The molecule has 0 saturated heterocycles. The van der Waals surface area contributed by atoms with Crippen molar-refractivity contribution in [2.75, 3.05) is 18.5 Å². The highest BCUT2D eigenvalue weighted by atomic mass is 35.5. The second kappa shape index (κ2) is 5.93. The molecule has 5 nitrogen and oxygen atoms in total. The van der Waals surface area contributed by atoms with Gasteiger partial charge in [-0.3, -0.25) is 4.79 Å². The van der Waals surface area contributed by atoms with Gasteiger partial charge in [0.05, 0.1) is 12.0 Å². The van der Waals surface area contributed by atoms with Gasteiger partial charge in [-0.15, -0.1) is 10.2 Å². The van der Waals surface area contributed by atoms with Crippen LogP contribution in [0.1, 0.15) is 38.5 Å². The van der Waals surface area contributed by atoms with E-state index < -0.39 is 0 Å². The number of nitrogens with zero attached hydrogens (tertiary/aromatic N) is 2. The van der Waals surface area contributed by atoms with Crippen molar-refractivity contribution in [2.45, 2.75) is 38.5 Å². The second-order valence-corrected chi connectivity index (χ2v) is 7.89. The van der Waals surface area contributed by atoms with Crippen molar-refractivity contribution < 1.29 is 9.53 Å². The molecule has 0 radical (unpaired) electrons. The van der Waals surface area contributed by atoms with Gasteiger partial charge in [0.15, 0.2) is 5.15 Å². The summed E-state index contributed by atoms with van der Waals surface area (Å²) in [6, 6.07) is 3.44. The van der Waals surface area contributed by atoms with Gasteiger partial charge in [0, 0.05) is 0 Å². The summed E-state index contributed by atoms with van der Waals surface area (Å²) in [5, 5.41) is 11.1. The first kappa shape index (κ1) is 15.2. The monoisotopic (exact) mass is 335 g/mol. The molecule has 1 aromatic heterocycles. The van der Waals surface area contributed by atoms with Crippen LogP contribution in [0.5, 0.6) is 0 Å². The normalized spacial score (nSPS) is 34.4. The first-order valence-corrected chi connectivity index (χ1v) is 8.91. The molecule has 124 valence electrons. The summed E-state index contributed by atoms with van der Waals surface area (Å²) < 4.78 is 5.60. The van der Waals surface area contributed by atoms with Gasteiger partial charge in [0.1, 0.15) is 12.4 Å². The molecule has 1 aromatic rings. The Morgan fingerprint density at radius 1 is 1.17 bits per heavy atom. The number of aromatic nitrogens is 2. The number of halogens is 1. The molecule has 0 amide bonds. The van der Waals surface area contributed by atoms with Crippen molar-refractivity contribution >= 4 is 23.4 Å². The van der Waals surface area contributed by atoms with Gasteiger partial charge in [0.25, 0.3) is 0 Å². The highest BCUT2D eigenvalue weighted by Gasteiger charge is 2.55. The number of ether oxygens (including phenoxy) is 1. The van der Waals surface area contributed by atoms with E-state index in [-0.39, 0.29) is 11.4 Å². The Hall–Kier alpha value is -1.36. The summed E-state index contributed by atoms with van der Waals surface area (Å²) in [6.45, 7) is 0.902. The molecule has 4 fully saturated rings. The van der Waals surface area contributed by atoms with Crippen LogP contribution in [0.15, 0.2) is 12.1 Å². The highest BCUT2D eigenvalue weighted by Crippen LogP contribution is 2.60. The zero-order chi connectivity index (χ0) is 15.9. The van der Waals surface area contributed by atoms with E-state index in [0.29, 0.717) is 24.1 Å². The number of hydrogen-bond acceptors (Lipinski definition) is 5. The van der Waals surface area contributed by atoms with Crippen LogP contribution >= 0.6 is 11.6 Å². The summed E-state index contributed by atoms with van der Waals surface area (Å²) in [6.07, 6.45) is 7.16. The first-order chi connectivity index (χ1) is 11.1. The molecule has 0 spiro atoms. The lowest BCUT2D eigenvalue weighted by atomic mass is 9.49. The number of hydrogen-bond donors (Lipinski definition) is 1. The van der Waals surface area contributed by atoms with E-state index in [1.165, 1.54) is 19.3 Å². The first-order valence-electron chi connectivity index (χ1n) is 8.53. The number of esters is 1.